The molecule has 16 heavy (non-hydrogen) atoms. The van der Waals surface area contributed by atoms with Gasteiger partial charge in [0.15, 0.2) is 5.78 Å². The molecule has 0 aliphatic rings. The van der Waals surface area contributed by atoms with Gasteiger partial charge in [0, 0.05) is 27.7 Å². The van der Waals surface area contributed by atoms with Crippen LogP contribution in [0.5, 0.6) is 0 Å². The van der Waals surface area contributed by atoms with Gasteiger partial charge in [-0.3, -0.25) is 4.79 Å². The van der Waals surface area contributed by atoms with Crippen LogP contribution in [0.1, 0.15) is 29.2 Å². The highest BCUT2D eigenvalue weighted by Crippen LogP contribution is 2.14. The van der Waals surface area contributed by atoms with Gasteiger partial charge in [-0.05, 0) is 13.3 Å². The molecule has 0 amide bonds. The Balaban J connectivity index is 2.47. The highest BCUT2D eigenvalue weighted by Gasteiger charge is 2.15. The smallest absolute Gasteiger partial charge is 0.182 e. The lowest BCUT2D eigenvalue weighted by Gasteiger charge is -2.14. The zero-order valence-corrected chi connectivity index (χ0v) is 12.0. The molecule has 0 fully saturated rings. The Hall–Kier alpha value is -0.903. The molecule has 0 spiro atoms. The third-order valence-electron chi connectivity index (χ3n) is 2.72. The van der Waals surface area contributed by atoms with Crippen molar-refractivity contribution in [2.45, 2.75) is 45.5 Å². The van der Waals surface area contributed by atoms with E-state index >= 15 is 0 Å². The molecular formula is C12H22N2OSi. The number of Topliss-reactive ketones (excluding diaryl/α,β-unsaturated/α-hetero) is 1. The van der Waals surface area contributed by atoms with E-state index in [4.69, 9.17) is 0 Å². The molecule has 1 aromatic heterocycles. The standard InChI is InChI=1S/C12H22N2OSi/c1-10-13-11(9-14(10)2)12(15)7-6-8-16(3,4)5/h9H,6-8H2,1-5H3. The van der Waals surface area contributed by atoms with Gasteiger partial charge in [0.05, 0.1) is 0 Å². The van der Waals surface area contributed by atoms with Crippen LogP contribution in [0.4, 0.5) is 0 Å². The van der Waals surface area contributed by atoms with E-state index in [-0.39, 0.29) is 5.78 Å². The van der Waals surface area contributed by atoms with Crippen LogP contribution in [0.25, 0.3) is 0 Å². The lowest BCUT2D eigenvalue weighted by molar-refractivity contribution is 0.0977. The van der Waals surface area contributed by atoms with Gasteiger partial charge in [-0.25, -0.2) is 4.98 Å². The highest BCUT2D eigenvalue weighted by molar-refractivity contribution is 6.76. The molecule has 0 aliphatic heterocycles. The number of aryl methyl sites for hydroxylation is 2. The van der Waals surface area contributed by atoms with Gasteiger partial charge in [0.1, 0.15) is 11.5 Å². The van der Waals surface area contributed by atoms with Gasteiger partial charge < -0.3 is 4.57 Å². The molecule has 1 rings (SSSR count). The molecule has 90 valence electrons. The number of nitrogens with zero attached hydrogens (tertiary/aromatic N) is 2. The van der Waals surface area contributed by atoms with Crippen LogP contribution in [0.2, 0.25) is 25.7 Å². The van der Waals surface area contributed by atoms with Crippen molar-refractivity contribution in [3.63, 3.8) is 0 Å². The predicted molar refractivity (Wildman–Crippen MR) is 69.7 cm³/mol. The van der Waals surface area contributed by atoms with Crippen molar-refractivity contribution in [3.05, 3.63) is 17.7 Å². The fraction of sp³-hybridized carbons (Fsp3) is 0.667. The maximum Gasteiger partial charge on any atom is 0.182 e. The number of aromatic nitrogens is 2. The van der Waals surface area contributed by atoms with E-state index in [0.29, 0.717) is 12.1 Å². The molecule has 0 radical (unpaired) electrons. The number of hydrogen-bond acceptors (Lipinski definition) is 2. The first-order chi connectivity index (χ1) is 7.29. The topological polar surface area (TPSA) is 34.9 Å². The number of carbonyl (C=O) groups is 1. The predicted octanol–water partition coefficient (Wildman–Crippen LogP) is 3.03. The van der Waals surface area contributed by atoms with Crippen molar-refractivity contribution >= 4 is 13.9 Å². The second kappa shape index (κ2) is 4.95. The average molecular weight is 238 g/mol. The van der Waals surface area contributed by atoms with Gasteiger partial charge in [0.25, 0.3) is 0 Å². The summed E-state index contributed by atoms with van der Waals surface area (Å²) in [5.74, 6) is 1.08. The Morgan fingerprint density at radius 2 is 2.06 bits per heavy atom. The quantitative estimate of drug-likeness (QED) is 0.584. The summed E-state index contributed by atoms with van der Waals surface area (Å²) in [6, 6.07) is 1.21. The first kappa shape index (κ1) is 13.2. The van der Waals surface area contributed by atoms with Gasteiger partial charge in [0.2, 0.25) is 0 Å². The van der Waals surface area contributed by atoms with Crippen molar-refractivity contribution in [1.82, 2.24) is 9.55 Å². The minimum absolute atomic E-state index is 0.182. The van der Waals surface area contributed by atoms with Crippen LogP contribution in [-0.4, -0.2) is 23.4 Å². The van der Waals surface area contributed by atoms with Gasteiger partial charge in [-0.2, -0.15) is 0 Å². The maximum absolute atomic E-state index is 11.8. The Bertz CT molecular complexity index is 357. The largest absolute Gasteiger partial charge is 0.337 e. The Morgan fingerprint density at radius 1 is 1.44 bits per heavy atom. The number of rotatable bonds is 5. The maximum atomic E-state index is 11.8. The summed E-state index contributed by atoms with van der Waals surface area (Å²) < 4.78 is 1.89. The van der Waals surface area contributed by atoms with Crippen LogP contribution in [0.3, 0.4) is 0 Å². The van der Waals surface area contributed by atoms with Crippen molar-refractivity contribution in [3.8, 4) is 0 Å². The number of hydrogen-bond donors (Lipinski definition) is 0. The first-order valence-electron chi connectivity index (χ1n) is 5.83. The minimum atomic E-state index is -1.01. The molecule has 1 heterocycles. The number of ketones is 1. The Morgan fingerprint density at radius 3 is 2.50 bits per heavy atom. The SMILES string of the molecule is Cc1nc(C(=O)CCC[Si](C)(C)C)cn1C. The third kappa shape index (κ3) is 3.93. The van der Waals surface area contributed by atoms with Crippen molar-refractivity contribution in [2.24, 2.45) is 7.05 Å². The molecule has 3 nitrogen and oxygen atoms in total. The van der Waals surface area contributed by atoms with Crippen LogP contribution in [0, 0.1) is 6.92 Å². The molecule has 4 heteroatoms. The lowest BCUT2D eigenvalue weighted by Crippen LogP contribution is -2.19. The van der Waals surface area contributed by atoms with Crippen LogP contribution >= 0.6 is 0 Å². The Labute approximate surface area is 98.9 Å². The fourth-order valence-electron chi connectivity index (χ4n) is 1.60. The summed E-state index contributed by atoms with van der Waals surface area (Å²) in [7, 11) is 0.909. The third-order valence-corrected chi connectivity index (χ3v) is 4.58. The molecule has 0 aromatic carbocycles. The van der Waals surface area contributed by atoms with Crippen molar-refractivity contribution in [1.29, 1.82) is 0 Å². The molecule has 1 aromatic rings. The monoisotopic (exact) mass is 238 g/mol. The van der Waals surface area contributed by atoms with Gasteiger partial charge in [-0.15, -0.1) is 0 Å². The first-order valence-corrected chi connectivity index (χ1v) is 9.53. The second-order valence-corrected chi connectivity index (χ2v) is 11.2. The fourth-order valence-corrected chi connectivity index (χ4v) is 2.84. The normalized spacial score (nSPS) is 11.8. The van der Waals surface area contributed by atoms with E-state index in [2.05, 4.69) is 24.6 Å². The minimum Gasteiger partial charge on any atom is -0.337 e. The van der Waals surface area contributed by atoms with E-state index in [1.165, 1.54) is 6.04 Å². The molecule has 0 saturated carbocycles. The molecule has 0 bridgehead atoms. The van der Waals surface area contributed by atoms with Crippen molar-refractivity contribution < 1.29 is 4.79 Å². The summed E-state index contributed by atoms with van der Waals surface area (Å²) in [5, 5.41) is 0. The average Bonchev–Trinajstić information content (AvgIpc) is 2.45. The second-order valence-electron chi connectivity index (χ2n) is 5.62. The molecule has 0 aliphatic carbocycles. The van der Waals surface area contributed by atoms with E-state index in [9.17, 15) is 4.79 Å². The van der Waals surface area contributed by atoms with E-state index < -0.39 is 8.07 Å². The number of imidazole rings is 1. The molecule has 0 atom stereocenters. The molecular weight excluding hydrogens is 216 g/mol. The molecule has 0 unspecified atom stereocenters. The molecule has 0 saturated heterocycles. The highest BCUT2D eigenvalue weighted by atomic mass is 28.3. The van der Waals surface area contributed by atoms with Gasteiger partial charge in [-0.1, -0.05) is 25.7 Å². The summed E-state index contributed by atoms with van der Waals surface area (Å²) in [4.78, 5) is 16.1. The zero-order valence-electron chi connectivity index (χ0n) is 11.0. The van der Waals surface area contributed by atoms with E-state index in [0.717, 1.165) is 12.2 Å². The van der Waals surface area contributed by atoms with Crippen LogP contribution in [0.15, 0.2) is 6.20 Å². The molecule has 0 N–H and O–H groups in total. The Kier molecular flexibility index (Phi) is 4.07. The van der Waals surface area contributed by atoms with Crippen LogP contribution in [-0.2, 0) is 7.05 Å². The zero-order chi connectivity index (χ0) is 12.3. The summed E-state index contributed by atoms with van der Waals surface area (Å²) in [6.45, 7) is 8.92. The summed E-state index contributed by atoms with van der Waals surface area (Å²) in [5.41, 5.74) is 0.621. The van der Waals surface area contributed by atoms with E-state index in [1.807, 2.05) is 24.7 Å². The summed E-state index contributed by atoms with van der Waals surface area (Å²) >= 11 is 0. The van der Waals surface area contributed by atoms with Gasteiger partial charge >= 0.3 is 0 Å². The lowest BCUT2D eigenvalue weighted by atomic mass is 10.2. The van der Waals surface area contributed by atoms with Crippen LogP contribution < -0.4 is 0 Å². The summed E-state index contributed by atoms with van der Waals surface area (Å²) in [6.07, 6.45) is 3.47. The van der Waals surface area contributed by atoms with E-state index in [1.54, 1.807) is 0 Å². The number of carbonyl (C=O) groups excluding carboxylic acids is 1. The van der Waals surface area contributed by atoms with Crippen molar-refractivity contribution in [2.75, 3.05) is 0 Å².